The minimum atomic E-state index is -0.183. The van der Waals surface area contributed by atoms with Crippen molar-refractivity contribution in [1.29, 1.82) is 0 Å². The van der Waals surface area contributed by atoms with Crippen LogP contribution in [0.2, 0.25) is 0 Å². The summed E-state index contributed by atoms with van der Waals surface area (Å²) in [6.45, 7) is 0. The fourth-order valence-corrected chi connectivity index (χ4v) is 6.31. The molecule has 0 aromatic carbocycles. The van der Waals surface area contributed by atoms with Crippen molar-refractivity contribution in [1.82, 2.24) is 5.06 Å². The molecular weight excluding hydrogens is 398 g/mol. The number of methoxy groups -OCH3 is 1. The maximum Gasteiger partial charge on any atom is 0.205 e. The van der Waals surface area contributed by atoms with Crippen molar-refractivity contribution in [3.8, 4) is 0 Å². The maximum atomic E-state index is 13.0. The second-order valence-corrected chi connectivity index (χ2v) is 9.36. The number of hydrogen-bond donors (Lipinski definition) is 1. The predicted molar refractivity (Wildman–Crippen MR) is 116 cm³/mol. The number of hydroxylamine groups is 2. The molecular formula is C25H26ClNO3. The molecule has 0 amide bonds. The fourth-order valence-electron chi connectivity index (χ4n) is 6.05. The molecule has 6 rings (SSSR count). The minimum Gasteiger partial charge on any atom is -0.496 e. The average molecular weight is 424 g/mol. The molecule has 4 bridgehead atoms. The highest BCUT2D eigenvalue weighted by atomic mass is 35.5. The maximum absolute atomic E-state index is 13.0. The lowest BCUT2D eigenvalue weighted by molar-refractivity contribution is -0.111. The third-order valence-electron chi connectivity index (χ3n) is 7.15. The van der Waals surface area contributed by atoms with Crippen molar-refractivity contribution in [2.45, 2.75) is 32.1 Å². The number of nitrogens with zero attached hydrogens (tertiary/aromatic N) is 1. The first-order valence-corrected chi connectivity index (χ1v) is 11.1. The summed E-state index contributed by atoms with van der Waals surface area (Å²) in [6, 6.07) is 0. The Morgan fingerprint density at radius 2 is 1.67 bits per heavy atom. The average Bonchev–Trinajstić information content (AvgIpc) is 2.73. The topological polar surface area (TPSA) is 49.8 Å². The third-order valence-corrected chi connectivity index (χ3v) is 7.53. The molecule has 0 atom stereocenters. The van der Waals surface area contributed by atoms with Gasteiger partial charge in [0.25, 0.3) is 0 Å². The molecule has 4 fully saturated rings. The molecule has 1 heterocycles. The molecule has 6 aliphatic rings. The van der Waals surface area contributed by atoms with Crippen LogP contribution in [0.5, 0.6) is 0 Å². The van der Waals surface area contributed by atoms with E-state index in [1.807, 2.05) is 18.2 Å². The molecule has 0 aromatic heterocycles. The summed E-state index contributed by atoms with van der Waals surface area (Å²) in [6.07, 6.45) is 20.3. The summed E-state index contributed by atoms with van der Waals surface area (Å²) >= 11 is 6.59. The van der Waals surface area contributed by atoms with Crippen molar-refractivity contribution < 1.29 is 14.7 Å². The molecule has 1 aliphatic heterocycles. The molecule has 5 aliphatic carbocycles. The van der Waals surface area contributed by atoms with Crippen molar-refractivity contribution >= 4 is 17.4 Å². The highest BCUT2D eigenvalue weighted by Crippen LogP contribution is 2.57. The zero-order valence-corrected chi connectivity index (χ0v) is 17.8. The smallest absolute Gasteiger partial charge is 0.205 e. The first kappa shape index (κ1) is 19.7. The van der Waals surface area contributed by atoms with Crippen LogP contribution >= 0.6 is 11.6 Å². The zero-order valence-electron chi connectivity index (χ0n) is 17.1. The standard InChI is InChI=1S/C25H26ClNO3/c1-30-25(22-19-11-16-10-17(13-19)14-20(22)12-16)21-5-4-18(24(28)23(21)26)3-2-15-6-8-27(29)9-7-15/h2-9,16-17,19-20,29H,10-14H2,1H3. The van der Waals surface area contributed by atoms with Crippen LogP contribution in [0, 0.1) is 23.7 Å². The number of hydrogen-bond acceptors (Lipinski definition) is 4. The number of rotatable bonds is 3. The van der Waals surface area contributed by atoms with E-state index in [0.29, 0.717) is 17.4 Å². The van der Waals surface area contributed by atoms with Crippen LogP contribution in [0.3, 0.4) is 0 Å². The molecule has 0 unspecified atom stereocenters. The molecule has 156 valence electrons. The van der Waals surface area contributed by atoms with Crippen molar-refractivity contribution in [2.24, 2.45) is 23.7 Å². The van der Waals surface area contributed by atoms with E-state index in [-0.39, 0.29) is 10.8 Å². The monoisotopic (exact) mass is 423 g/mol. The Hall–Kier alpha value is -2.30. The Morgan fingerprint density at radius 1 is 1.03 bits per heavy atom. The van der Waals surface area contributed by atoms with Crippen LogP contribution in [0.4, 0.5) is 0 Å². The molecule has 5 heteroatoms. The Labute approximate surface area is 182 Å². The molecule has 0 radical (unpaired) electrons. The van der Waals surface area contributed by atoms with Crippen LogP contribution in [0.25, 0.3) is 0 Å². The van der Waals surface area contributed by atoms with Crippen LogP contribution in [0.1, 0.15) is 32.1 Å². The fraction of sp³-hybridized carbons (Fsp3) is 0.400. The summed E-state index contributed by atoms with van der Waals surface area (Å²) in [7, 11) is 1.70. The Kier molecular flexibility index (Phi) is 5.08. The Morgan fingerprint density at radius 3 is 2.27 bits per heavy atom. The Bertz CT molecular complexity index is 946. The number of carbonyl (C=O) groups excluding carboxylic acids is 1. The highest BCUT2D eigenvalue weighted by Gasteiger charge is 2.47. The van der Waals surface area contributed by atoms with Crippen LogP contribution in [-0.4, -0.2) is 23.2 Å². The van der Waals surface area contributed by atoms with Crippen molar-refractivity contribution in [3.05, 3.63) is 81.9 Å². The highest BCUT2D eigenvalue weighted by molar-refractivity contribution is 6.46. The molecule has 4 saturated carbocycles. The molecule has 0 spiro atoms. The van der Waals surface area contributed by atoms with Gasteiger partial charge in [-0.25, -0.2) is 5.06 Å². The summed E-state index contributed by atoms with van der Waals surface area (Å²) < 4.78 is 5.89. The van der Waals surface area contributed by atoms with Crippen LogP contribution in [-0.2, 0) is 9.53 Å². The number of halogens is 1. The molecule has 0 saturated heterocycles. The number of carbonyl (C=O) groups is 1. The van der Waals surface area contributed by atoms with Gasteiger partial charge in [-0.15, -0.1) is 0 Å². The molecule has 0 aromatic rings. The third kappa shape index (κ3) is 3.42. The quantitative estimate of drug-likeness (QED) is 0.477. The van der Waals surface area contributed by atoms with Gasteiger partial charge >= 0.3 is 0 Å². The molecule has 30 heavy (non-hydrogen) atoms. The van der Waals surface area contributed by atoms with Crippen LogP contribution < -0.4 is 0 Å². The van der Waals surface area contributed by atoms with E-state index < -0.39 is 0 Å². The largest absolute Gasteiger partial charge is 0.496 e. The Balaban J connectivity index is 1.45. The van der Waals surface area contributed by atoms with E-state index in [2.05, 4.69) is 0 Å². The van der Waals surface area contributed by atoms with Crippen molar-refractivity contribution in [2.75, 3.05) is 7.11 Å². The lowest BCUT2D eigenvalue weighted by Gasteiger charge is -2.51. The van der Waals surface area contributed by atoms with Gasteiger partial charge in [-0.3, -0.25) is 10.0 Å². The van der Waals surface area contributed by atoms with E-state index in [1.165, 1.54) is 50.1 Å². The van der Waals surface area contributed by atoms with Gasteiger partial charge in [-0.2, -0.15) is 0 Å². The summed E-state index contributed by atoms with van der Waals surface area (Å²) in [5.74, 6) is 3.54. The van der Waals surface area contributed by atoms with Gasteiger partial charge in [0.15, 0.2) is 0 Å². The van der Waals surface area contributed by atoms with Crippen molar-refractivity contribution in [3.63, 3.8) is 0 Å². The number of ether oxygens (including phenoxy) is 1. The number of allylic oxidation sites excluding steroid dienone is 10. The number of Topliss-reactive ketones (excluding diaryl/α,β-unsaturated/α-hetero) is 1. The molecule has 4 nitrogen and oxygen atoms in total. The van der Waals surface area contributed by atoms with E-state index in [0.717, 1.165) is 33.8 Å². The van der Waals surface area contributed by atoms with Crippen LogP contribution in [0.15, 0.2) is 81.9 Å². The van der Waals surface area contributed by atoms with E-state index in [1.54, 1.807) is 25.3 Å². The van der Waals surface area contributed by atoms with Gasteiger partial charge in [0, 0.05) is 23.5 Å². The zero-order chi connectivity index (χ0) is 20.8. The SMILES string of the molecule is COC(C1=C(Cl)C(=O)C(=CC=C2C=CN(O)C=C2)C=C1)=C1C2CC3CC(C2)CC1C3. The van der Waals surface area contributed by atoms with Gasteiger partial charge in [-0.1, -0.05) is 29.8 Å². The van der Waals surface area contributed by atoms with E-state index in [9.17, 15) is 10.0 Å². The number of ketones is 1. The summed E-state index contributed by atoms with van der Waals surface area (Å²) in [5.41, 5.74) is 3.55. The van der Waals surface area contributed by atoms with Gasteiger partial charge < -0.3 is 4.74 Å². The lowest BCUT2D eigenvalue weighted by atomic mass is 9.54. The predicted octanol–water partition coefficient (Wildman–Crippen LogP) is 5.56. The van der Waals surface area contributed by atoms with Gasteiger partial charge in [0.2, 0.25) is 5.78 Å². The second kappa shape index (κ2) is 7.75. The lowest BCUT2D eigenvalue weighted by Crippen LogP contribution is -2.41. The van der Waals surface area contributed by atoms with Gasteiger partial charge in [-0.05, 0) is 85.2 Å². The first-order valence-electron chi connectivity index (χ1n) is 10.7. The molecule has 1 N–H and O–H groups in total. The van der Waals surface area contributed by atoms with Gasteiger partial charge in [0.05, 0.1) is 12.1 Å². The van der Waals surface area contributed by atoms with Gasteiger partial charge in [0.1, 0.15) is 5.76 Å². The summed E-state index contributed by atoms with van der Waals surface area (Å²) in [4.78, 5) is 13.0. The minimum absolute atomic E-state index is 0.183. The summed E-state index contributed by atoms with van der Waals surface area (Å²) in [5, 5.41) is 10.5. The first-order chi connectivity index (χ1) is 14.5. The van der Waals surface area contributed by atoms with E-state index >= 15 is 0 Å². The van der Waals surface area contributed by atoms with E-state index in [4.69, 9.17) is 16.3 Å². The normalized spacial score (nSPS) is 33.2. The second-order valence-electron chi connectivity index (χ2n) is 8.98.